The average molecular weight is 258 g/mol. The number of carbonyl (C=O) groups is 1. The topological polar surface area (TPSA) is 44.1 Å². The van der Waals surface area contributed by atoms with Crippen LogP contribution in [0, 0.1) is 0 Å². The van der Waals surface area contributed by atoms with Crippen LogP contribution in [0.5, 0.6) is 0 Å². The van der Waals surface area contributed by atoms with Crippen molar-refractivity contribution in [1.82, 2.24) is 9.78 Å². The number of esters is 1. The summed E-state index contributed by atoms with van der Waals surface area (Å²) in [6, 6.07) is -0.0267. The number of hydrogen-bond acceptors (Lipinski definition) is 3. The van der Waals surface area contributed by atoms with Gasteiger partial charge in [0, 0.05) is 0 Å². The molecule has 1 aliphatic rings. The highest BCUT2D eigenvalue weighted by atomic mass is 19.3. The van der Waals surface area contributed by atoms with Crippen LogP contribution in [-0.2, 0) is 4.74 Å². The third-order valence-corrected chi connectivity index (χ3v) is 3.37. The van der Waals surface area contributed by atoms with E-state index in [1.54, 1.807) is 0 Å². The summed E-state index contributed by atoms with van der Waals surface area (Å²) in [6.45, 7) is 0. The highest BCUT2D eigenvalue weighted by Crippen LogP contribution is 2.33. The Kier molecular flexibility index (Phi) is 3.93. The van der Waals surface area contributed by atoms with E-state index < -0.39 is 12.4 Å². The number of carbonyl (C=O) groups excluding carboxylic acids is 1. The number of aromatic nitrogens is 2. The van der Waals surface area contributed by atoms with Gasteiger partial charge in [-0.15, -0.1) is 0 Å². The molecule has 0 amide bonds. The Hall–Kier alpha value is -1.46. The van der Waals surface area contributed by atoms with E-state index in [9.17, 15) is 13.6 Å². The fourth-order valence-corrected chi connectivity index (χ4v) is 2.47. The van der Waals surface area contributed by atoms with Crippen LogP contribution in [0.1, 0.15) is 60.6 Å². The van der Waals surface area contributed by atoms with E-state index in [0.29, 0.717) is 0 Å². The molecule has 1 aromatic rings. The van der Waals surface area contributed by atoms with Crippen molar-refractivity contribution in [1.29, 1.82) is 0 Å². The lowest BCUT2D eigenvalue weighted by Crippen LogP contribution is -2.18. The van der Waals surface area contributed by atoms with Crippen LogP contribution >= 0.6 is 0 Å². The molecule has 0 saturated heterocycles. The first kappa shape index (κ1) is 13.0. The largest absolute Gasteiger partial charge is 0.465 e. The fraction of sp³-hybridized carbons (Fsp3) is 0.667. The fourth-order valence-electron chi connectivity index (χ4n) is 2.47. The molecule has 0 spiro atoms. The molecule has 1 saturated carbocycles. The maximum Gasteiger partial charge on any atom is 0.341 e. The summed E-state index contributed by atoms with van der Waals surface area (Å²) in [7, 11) is 1.18. The number of methoxy groups -OCH3 is 1. The van der Waals surface area contributed by atoms with Gasteiger partial charge in [0.15, 0.2) is 0 Å². The molecule has 0 aromatic carbocycles. The maximum absolute atomic E-state index is 13.1. The molecular formula is C12H16F2N2O2. The zero-order valence-corrected chi connectivity index (χ0v) is 10.2. The Bertz CT molecular complexity index is 426. The van der Waals surface area contributed by atoms with E-state index in [1.165, 1.54) is 18.0 Å². The van der Waals surface area contributed by atoms with Crippen LogP contribution in [0.4, 0.5) is 8.78 Å². The highest BCUT2D eigenvalue weighted by molar-refractivity contribution is 5.90. The highest BCUT2D eigenvalue weighted by Gasteiger charge is 2.29. The van der Waals surface area contributed by atoms with Gasteiger partial charge < -0.3 is 4.74 Å². The lowest BCUT2D eigenvalue weighted by molar-refractivity contribution is 0.0586. The molecule has 0 N–H and O–H groups in total. The van der Waals surface area contributed by atoms with E-state index >= 15 is 0 Å². The van der Waals surface area contributed by atoms with Crippen molar-refractivity contribution < 1.29 is 18.3 Å². The number of ether oxygens (including phenoxy) is 1. The molecule has 1 heterocycles. The third kappa shape index (κ3) is 2.37. The van der Waals surface area contributed by atoms with Crippen LogP contribution in [0.25, 0.3) is 0 Å². The summed E-state index contributed by atoms with van der Waals surface area (Å²) in [4.78, 5) is 11.4. The minimum atomic E-state index is -2.72. The van der Waals surface area contributed by atoms with Crippen molar-refractivity contribution in [2.75, 3.05) is 7.11 Å². The van der Waals surface area contributed by atoms with Gasteiger partial charge in [0.25, 0.3) is 6.43 Å². The molecule has 0 aliphatic heterocycles. The molecule has 0 bridgehead atoms. The van der Waals surface area contributed by atoms with Crippen LogP contribution in [0.15, 0.2) is 6.20 Å². The van der Waals surface area contributed by atoms with Crippen LogP contribution in [0.3, 0.4) is 0 Å². The SMILES string of the molecule is COC(=O)c1cnn(C2CCCCC2)c1C(F)F. The monoisotopic (exact) mass is 258 g/mol. The maximum atomic E-state index is 13.1. The Morgan fingerprint density at radius 1 is 1.44 bits per heavy atom. The summed E-state index contributed by atoms with van der Waals surface area (Å²) in [5.41, 5.74) is -0.438. The second-order valence-electron chi connectivity index (χ2n) is 4.47. The summed E-state index contributed by atoms with van der Waals surface area (Å²) >= 11 is 0. The second-order valence-corrected chi connectivity index (χ2v) is 4.47. The van der Waals surface area contributed by atoms with Crippen LogP contribution < -0.4 is 0 Å². The number of rotatable bonds is 3. The predicted octanol–water partition coefficient (Wildman–Crippen LogP) is 3.11. The molecule has 1 aromatic heterocycles. The lowest BCUT2D eigenvalue weighted by atomic mass is 9.95. The van der Waals surface area contributed by atoms with Gasteiger partial charge in [-0.25, -0.2) is 13.6 Å². The second kappa shape index (κ2) is 5.46. The number of halogens is 2. The third-order valence-electron chi connectivity index (χ3n) is 3.37. The molecule has 1 aliphatic carbocycles. The summed E-state index contributed by atoms with van der Waals surface area (Å²) < 4.78 is 32.0. The molecule has 18 heavy (non-hydrogen) atoms. The van der Waals surface area contributed by atoms with Crippen molar-refractivity contribution in [3.63, 3.8) is 0 Å². The standard InChI is InChI=1S/C12H16F2N2O2/c1-18-12(17)9-7-15-16(10(9)11(13)14)8-5-3-2-4-6-8/h7-8,11H,2-6H2,1H3. The molecule has 6 heteroatoms. The van der Waals surface area contributed by atoms with Crippen molar-refractivity contribution in [3.8, 4) is 0 Å². The minimum absolute atomic E-state index is 0.0267. The number of hydrogen-bond donors (Lipinski definition) is 0. The van der Waals surface area contributed by atoms with E-state index in [4.69, 9.17) is 0 Å². The Labute approximate surface area is 104 Å². The van der Waals surface area contributed by atoms with Crippen molar-refractivity contribution in [2.24, 2.45) is 0 Å². The quantitative estimate of drug-likeness (QED) is 0.782. The van der Waals surface area contributed by atoms with Gasteiger partial charge in [-0.2, -0.15) is 5.10 Å². The predicted molar refractivity (Wildman–Crippen MR) is 60.6 cm³/mol. The Balaban J connectivity index is 2.35. The van der Waals surface area contributed by atoms with Crippen LogP contribution in [0.2, 0.25) is 0 Å². The summed E-state index contributed by atoms with van der Waals surface area (Å²) in [5.74, 6) is -0.757. The number of alkyl halides is 2. The van der Waals surface area contributed by atoms with Gasteiger partial charge in [0.1, 0.15) is 11.3 Å². The number of nitrogens with zero attached hydrogens (tertiary/aromatic N) is 2. The molecule has 0 atom stereocenters. The van der Waals surface area contributed by atoms with E-state index in [2.05, 4.69) is 9.84 Å². The Morgan fingerprint density at radius 2 is 2.11 bits per heavy atom. The zero-order valence-electron chi connectivity index (χ0n) is 10.2. The molecular weight excluding hydrogens is 242 g/mol. The Morgan fingerprint density at radius 3 is 2.67 bits per heavy atom. The van der Waals surface area contributed by atoms with E-state index in [0.717, 1.165) is 32.1 Å². The van der Waals surface area contributed by atoms with E-state index in [-0.39, 0.29) is 17.3 Å². The van der Waals surface area contributed by atoms with Crippen molar-refractivity contribution in [3.05, 3.63) is 17.5 Å². The summed E-state index contributed by atoms with van der Waals surface area (Å²) in [5, 5.41) is 3.97. The molecule has 1 fully saturated rings. The van der Waals surface area contributed by atoms with Gasteiger partial charge in [-0.1, -0.05) is 19.3 Å². The molecule has 2 rings (SSSR count). The van der Waals surface area contributed by atoms with Gasteiger partial charge >= 0.3 is 5.97 Å². The van der Waals surface area contributed by atoms with Crippen molar-refractivity contribution in [2.45, 2.75) is 44.6 Å². The van der Waals surface area contributed by atoms with Crippen LogP contribution in [-0.4, -0.2) is 22.9 Å². The van der Waals surface area contributed by atoms with Gasteiger partial charge in [0.05, 0.1) is 19.3 Å². The van der Waals surface area contributed by atoms with E-state index in [1.807, 2.05) is 0 Å². The van der Waals surface area contributed by atoms with Gasteiger partial charge in [0.2, 0.25) is 0 Å². The van der Waals surface area contributed by atoms with Gasteiger partial charge in [-0.3, -0.25) is 4.68 Å². The van der Waals surface area contributed by atoms with Crippen molar-refractivity contribution >= 4 is 5.97 Å². The first-order valence-corrected chi connectivity index (χ1v) is 6.09. The first-order chi connectivity index (χ1) is 8.65. The smallest absolute Gasteiger partial charge is 0.341 e. The first-order valence-electron chi connectivity index (χ1n) is 6.09. The molecule has 100 valence electrons. The zero-order chi connectivity index (χ0) is 13.1. The molecule has 0 unspecified atom stereocenters. The lowest BCUT2D eigenvalue weighted by Gasteiger charge is -2.23. The normalized spacial score (nSPS) is 17.1. The minimum Gasteiger partial charge on any atom is -0.465 e. The summed E-state index contributed by atoms with van der Waals surface area (Å²) in [6.07, 6.45) is 3.29. The molecule has 4 nitrogen and oxygen atoms in total. The average Bonchev–Trinajstić information content (AvgIpc) is 2.83. The molecule has 0 radical (unpaired) electrons. The van der Waals surface area contributed by atoms with Gasteiger partial charge in [-0.05, 0) is 12.8 Å².